The predicted octanol–water partition coefficient (Wildman–Crippen LogP) is 2.86. The molecular weight excluding hydrogens is 222 g/mol. The zero-order chi connectivity index (χ0) is 10.8. The Hall–Kier alpha value is -2.01. The molecule has 3 aromatic rings. The van der Waals surface area contributed by atoms with E-state index in [1.54, 1.807) is 23.7 Å². The molecule has 0 unspecified atom stereocenters. The van der Waals surface area contributed by atoms with Gasteiger partial charge < -0.3 is 4.42 Å². The van der Waals surface area contributed by atoms with Crippen molar-refractivity contribution in [3.05, 3.63) is 41.4 Å². The average molecular weight is 229 g/mol. The van der Waals surface area contributed by atoms with Crippen LogP contribution in [0, 0.1) is 0 Å². The number of nitrogens with zero attached hydrogens (tertiary/aromatic N) is 3. The van der Waals surface area contributed by atoms with Gasteiger partial charge in [-0.25, -0.2) is 0 Å². The van der Waals surface area contributed by atoms with Gasteiger partial charge in [-0.05, 0) is 23.6 Å². The monoisotopic (exact) mass is 229 g/mol. The van der Waals surface area contributed by atoms with Gasteiger partial charge in [0, 0.05) is 23.3 Å². The Morgan fingerprint density at radius 3 is 2.62 bits per heavy atom. The molecule has 0 saturated heterocycles. The fourth-order valence-electron chi connectivity index (χ4n) is 1.33. The fourth-order valence-corrected chi connectivity index (χ4v) is 1.96. The van der Waals surface area contributed by atoms with Crippen LogP contribution in [0.2, 0.25) is 0 Å². The Bertz CT molecular complexity index is 574. The molecule has 0 aromatic carbocycles. The summed E-state index contributed by atoms with van der Waals surface area (Å²) in [5.74, 6) is 1.04. The van der Waals surface area contributed by atoms with E-state index in [0.717, 1.165) is 11.1 Å². The van der Waals surface area contributed by atoms with Gasteiger partial charge in [0.2, 0.25) is 11.8 Å². The normalized spacial score (nSPS) is 10.5. The summed E-state index contributed by atoms with van der Waals surface area (Å²) in [4.78, 5) is 4.01. The first-order chi connectivity index (χ1) is 7.93. The molecule has 0 saturated carbocycles. The predicted molar refractivity (Wildman–Crippen MR) is 60.8 cm³/mol. The molecular formula is C11H7N3OS. The van der Waals surface area contributed by atoms with Crippen LogP contribution in [-0.2, 0) is 0 Å². The summed E-state index contributed by atoms with van der Waals surface area (Å²) in [6.07, 6.45) is 3.41. The summed E-state index contributed by atoms with van der Waals surface area (Å²) < 4.78 is 5.56. The second-order valence-corrected chi connectivity index (χ2v) is 3.95. The number of hydrogen-bond acceptors (Lipinski definition) is 5. The Morgan fingerprint density at radius 2 is 1.94 bits per heavy atom. The molecule has 0 aliphatic carbocycles. The largest absolute Gasteiger partial charge is 0.416 e. The first-order valence-corrected chi connectivity index (χ1v) is 5.64. The Kier molecular flexibility index (Phi) is 2.23. The standard InChI is InChI=1S/C11H7N3OS/c1-2-8(6-12-4-1)10-13-14-11(15-10)9-3-5-16-7-9/h1-7H. The molecule has 0 aliphatic heterocycles. The quantitative estimate of drug-likeness (QED) is 0.678. The molecule has 78 valence electrons. The molecule has 0 radical (unpaired) electrons. The molecule has 0 atom stereocenters. The molecule has 0 aliphatic rings. The number of rotatable bonds is 2. The van der Waals surface area contributed by atoms with Crippen molar-refractivity contribution in [1.82, 2.24) is 15.2 Å². The molecule has 16 heavy (non-hydrogen) atoms. The van der Waals surface area contributed by atoms with Crippen molar-refractivity contribution in [3.8, 4) is 22.9 Å². The lowest BCUT2D eigenvalue weighted by molar-refractivity contribution is 0.584. The highest BCUT2D eigenvalue weighted by molar-refractivity contribution is 7.08. The number of hydrogen-bond donors (Lipinski definition) is 0. The summed E-state index contributed by atoms with van der Waals surface area (Å²) in [6, 6.07) is 5.67. The van der Waals surface area contributed by atoms with Gasteiger partial charge in [-0.3, -0.25) is 4.98 Å². The minimum atomic E-state index is 0.495. The van der Waals surface area contributed by atoms with Crippen molar-refractivity contribution < 1.29 is 4.42 Å². The highest BCUT2D eigenvalue weighted by atomic mass is 32.1. The van der Waals surface area contributed by atoms with E-state index in [4.69, 9.17) is 4.42 Å². The van der Waals surface area contributed by atoms with Gasteiger partial charge in [-0.2, -0.15) is 11.3 Å². The summed E-state index contributed by atoms with van der Waals surface area (Å²) in [5, 5.41) is 11.9. The number of thiophene rings is 1. The minimum absolute atomic E-state index is 0.495. The van der Waals surface area contributed by atoms with Crippen LogP contribution >= 0.6 is 11.3 Å². The van der Waals surface area contributed by atoms with Crippen molar-refractivity contribution in [2.45, 2.75) is 0 Å². The van der Waals surface area contributed by atoms with Gasteiger partial charge >= 0.3 is 0 Å². The molecule has 0 spiro atoms. The molecule has 0 fully saturated rings. The highest BCUT2D eigenvalue weighted by Gasteiger charge is 2.10. The first kappa shape index (κ1) is 9.23. The Morgan fingerprint density at radius 1 is 1.06 bits per heavy atom. The SMILES string of the molecule is c1cncc(-c2nnc(-c3ccsc3)o2)c1. The fraction of sp³-hybridized carbons (Fsp3) is 0. The van der Waals surface area contributed by atoms with Gasteiger partial charge in [0.05, 0.1) is 5.56 Å². The van der Waals surface area contributed by atoms with Crippen LogP contribution in [0.5, 0.6) is 0 Å². The third-order valence-electron chi connectivity index (χ3n) is 2.10. The van der Waals surface area contributed by atoms with Gasteiger partial charge in [-0.1, -0.05) is 0 Å². The van der Waals surface area contributed by atoms with Crippen LogP contribution in [0.3, 0.4) is 0 Å². The summed E-state index contributed by atoms with van der Waals surface area (Å²) in [5.41, 5.74) is 1.78. The second-order valence-electron chi connectivity index (χ2n) is 3.17. The van der Waals surface area contributed by atoms with E-state index in [0.29, 0.717) is 11.8 Å². The van der Waals surface area contributed by atoms with Crippen LogP contribution in [0.4, 0.5) is 0 Å². The van der Waals surface area contributed by atoms with E-state index in [1.165, 1.54) is 0 Å². The van der Waals surface area contributed by atoms with Gasteiger partial charge in [0.1, 0.15) is 0 Å². The van der Waals surface area contributed by atoms with Crippen molar-refractivity contribution >= 4 is 11.3 Å². The zero-order valence-electron chi connectivity index (χ0n) is 8.20. The molecule has 3 heterocycles. The number of aromatic nitrogens is 3. The third-order valence-corrected chi connectivity index (χ3v) is 2.78. The van der Waals surface area contributed by atoms with Crippen LogP contribution in [0.15, 0.2) is 45.8 Å². The van der Waals surface area contributed by atoms with Crippen molar-refractivity contribution in [3.63, 3.8) is 0 Å². The van der Waals surface area contributed by atoms with Gasteiger partial charge in [0.25, 0.3) is 0 Å². The van der Waals surface area contributed by atoms with E-state index in [2.05, 4.69) is 15.2 Å². The van der Waals surface area contributed by atoms with E-state index >= 15 is 0 Å². The molecule has 3 rings (SSSR count). The molecule has 0 amide bonds. The summed E-state index contributed by atoms with van der Waals surface area (Å²) in [6.45, 7) is 0. The van der Waals surface area contributed by atoms with E-state index in [-0.39, 0.29) is 0 Å². The maximum atomic E-state index is 5.56. The van der Waals surface area contributed by atoms with Crippen LogP contribution in [0.25, 0.3) is 22.9 Å². The topological polar surface area (TPSA) is 51.8 Å². The molecule has 0 bridgehead atoms. The van der Waals surface area contributed by atoms with Crippen molar-refractivity contribution in [2.24, 2.45) is 0 Å². The smallest absolute Gasteiger partial charge is 0.249 e. The number of pyridine rings is 1. The molecule has 5 heteroatoms. The lowest BCUT2D eigenvalue weighted by atomic mass is 10.3. The lowest BCUT2D eigenvalue weighted by Crippen LogP contribution is -1.78. The van der Waals surface area contributed by atoms with Crippen molar-refractivity contribution in [1.29, 1.82) is 0 Å². The highest BCUT2D eigenvalue weighted by Crippen LogP contribution is 2.24. The lowest BCUT2D eigenvalue weighted by Gasteiger charge is -1.91. The van der Waals surface area contributed by atoms with Crippen LogP contribution < -0.4 is 0 Å². The third kappa shape index (κ3) is 1.61. The molecule has 4 nitrogen and oxygen atoms in total. The van der Waals surface area contributed by atoms with Crippen LogP contribution in [0.1, 0.15) is 0 Å². The zero-order valence-corrected chi connectivity index (χ0v) is 9.02. The van der Waals surface area contributed by atoms with E-state index in [1.807, 2.05) is 29.0 Å². The Labute approximate surface area is 95.6 Å². The van der Waals surface area contributed by atoms with Gasteiger partial charge in [-0.15, -0.1) is 10.2 Å². The summed E-state index contributed by atoms with van der Waals surface area (Å²) in [7, 11) is 0. The van der Waals surface area contributed by atoms with Crippen molar-refractivity contribution in [2.75, 3.05) is 0 Å². The first-order valence-electron chi connectivity index (χ1n) is 4.70. The average Bonchev–Trinajstić information content (AvgIpc) is 3.01. The van der Waals surface area contributed by atoms with Gasteiger partial charge in [0.15, 0.2) is 0 Å². The maximum Gasteiger partial charge on any atom is 0.249 e. The molecule has 0 N–H and O–H groups in total. The Balaban J connectivity index is 2.00. The molecule has 3 aromatic heterocycles. The summed E-state index contributed by atoms with van der Waals surface area (Å²) >= 11 is 1.60. The maximum absolute atomic E-state index is 5.56. The van der Waals surface area contributed by atoms with E-state index in [9.17, 15) is 0 Å². The second kappa shape index (κ2) is 3.86. The van der Waals surface area contributed by atoms with E-state index < -0.39 is 0 Å². The van der Waals surface area contributed by atoms with Crippen LogP contribution in [-0.4, -0.2) is 15.2 Å². The minimum Gasteiger partial charge on any atom is -0.416 e.